The fourth-order valence-electron chi connectivity index (χ4n) is 4.77. The van der Waals surface area contributed by atoms with Crippen molar-refractivity contribution in [2.24, 2.45) is 4.99 Å². The molecule has 0 saturated carbocycles. The highest BCUT2D eigenvalue weighted by Crippen LogP contribution is 2.33. The van der Waals surface area contributed by atoms with Gasteiger partial charge >= 0.3 is 5.97 Å². The fourth-order valence-corrected chi connectivity index (χ4v) is 7.70. The van der Waals surface area contributed by atoms with Crippen molar-refractivity contribution in [1.29, 1.82) is 0 Å². The van der Waals surface area contributed by atoms with Crippen LogP contribution in [-0.4, -0.2) is 23.8 Å². The quantitative estimate of drug-likeness (QED) is 0.138. The van der Waals surface area contributed by atoms with Crippen LogP contribution in [0.15, 0.2) is 86.2 Å². The maximum Gasteiger partial charge on any atom is 0.338 e. The Labute approximate surface area is 279 Å². The molecule has 0 saturated heterocycles. The van der Waals surface area contributed by atoms with Gasteiger partial charge in [-0.3, -0.25) is 9.36 Å². The number of ether oxygens (including phenoxy) is 3. The van der Waals surface area contributed by atoms with E-state index in [1.807, 2.05) is 67.6 Å². The van der Waals surface area contributed by atoms with Crippen molar-refractivity contribution < 1.29 is 19.0 Å². The molecule has 0 unspecified atom stereocenters. The highest BCUT2D eigenvalue weighted by Gasteiger charge is 2.33. The van der Waals surface area contributed by atoms with E-state index in [0.717, 1.165) is 24.7 Å². The van der Waals surface area contributed by atoms with Crippen molar-refractivity contribution in [3.05, 3.63) is 121 Å². The van der Waals surface area contributed by atoms with Gasteiger partial charge in [0.05, 0.1) is 38.6 Å². The number of rotatable bonds is 9. The second-order valence-electron chi connectivity index (χ2n) is 9.49. The van der Waals surface area contributed by atoms with E-state index in [0.29, 0.717) is 43.7 Å². The van der Waals surface area contributed by atoms with Crippen molar-refractivity contribution in [2.45, 2.75) is 33.4 Å². The maximum atomic E-state index is 14.1. The van der Waals surface area contributed by atoms with Crippen molar-refractivity contribution in [1.82, 2.24) is 4.57 Å². The predicted octanol–water partition coefficient (Wildman–Crippen LogP) is 6.80. The third-order valence-electron chi connectivity index (χ3n) is 6.68. The number of carbonyl (C=O) groups is 1. The summed E-state index contributed by atoms with van der Waals surface area (Å²) in [5.74, 6) is 0.820. The molecule has 5 rings (SSSR count). The number of allylic oxidation sites excluding steroid dienone is 1. The molecule has 7 nitrogen and oxygen atoms in total. The molecule has 0 bridgehead atoms. The number of hydrogen-bond donors (Lipinski definition) is 0. The number of thiazole rings is 1. The minimum atomic E-state index is -0.716. The van der Waals surface area contributed by atoms with Crippen molar-refractivity contribution in [2.75, 3.05) is 13.2 Å². The van der Waals surface area contributed by atoms with E-state index in [1.54, 1.807) is 24.5 Å². The first-order valence-corrected chi connectivity index (χ1v) is 16.6. The number of esters is 1. The van der Waals surface area contributed by atoms with Crippen molar-refractivity contribution in [3.63, 3.8) is 0 Å². The summed E-state index contributed by atoms with van der Waals surface area (Å²) >= 11 is 13.4. The lowest BCUT2D eigenvalue weighted by Crippen LogP contribution is -2.39. The van der Waals surface area contributed by atoms with Crippen LogP contribution in [-0.2, 0) is 16.1 Å². The van der Waals surface area contributed by atoms with Crippen LogP contribution in [0.3, 0.4) is 0 Å². The first-order valence-electron chi connectivity index (χ1n) is 13.5. The molecule has 43 heavy (non-hydrogen) atoms. The van der Waals surface area contributed by atoms with E-state index in [9.17, 15) is 9.59 Å². The van der Waals surface area contributed by atoms with Gasteiger partial charge in [-0.1, -0.05) is 69.2 Å². The number of carbonyl (C=O) groups excluding carboxylic acids is 1. The first-order chi connectivity index (χ1) is 20.7. The Hall–Kier alpha value is -2.93. The molecular weight excluding hydrogens is 767 g/mol. The molecule has 1 aliphatic heterocycles. The standard InChI is InChI=1S/C32H27BrClIN2O5S/c1-4-40-23-12-10-19(11-13-23)28-27(31(39)41-5-2)18(3)36-32-37(28)30(38)26(43-32)15-21-14-22(33)16-25(35)29(21)42-17-20-8-6-7-9-24(20)34/h6-16,28H,4-5,17H2,1-3H3/b26-15-/t28-/m1/s1. The number of hydrogen-bond acceptors (Lipinski definition) is 7. The molecule has 0 fully saturated rings. The van der Waals surface area contributed by atoms with Gasteiger partial charge in [-0.25, -0.2) is 9.79 Å². The van der Waals surface area contributed by atoms with Crippen LogP contribution in [0.25, 0.3) is 6.08 Å². The second-order valence-corrected chi connectivity index (χ2v) is 13.0. The Morgan fingerprint density at radius 1 is 1.12 bits per heavy atom. The molecule has 2 heterocycles. The van der Waals surface area contributed by atoms with Gasteiger partial charge in [-0.2, -0.15) is 0 Å². The summed E-state index contributed by atoms with van der Waals surface area (Å²) in [6.07, 6.45) is 1.80. The molecule has 1 aromatic heterocycles. The van der Waals surface area contributed by atoms with Gasteiger partial charge in [0.1, 0.15) is 18.1 Å². The Kier molecular flexibility index (Phi) is 10.1. The summed E-state index contributed by atoms with van der Waals surface area (Å²) in [4.78, 5) is 32.5. The molecule has 0 amide bonds. The number of halogens is 3. The topological polar surface area (TPSA) is 79.1 Å². The second kappa shape index (κ2) is 13.8. The molecular formula is C32H27BrClIN2O5S. The van der Waals surface area contributed by atoms with E-state index >= 15 is 0 Å². The molecule has 0 aliphatic carbocycles. The zero-order chi connectivity index (χ0) is 30.7. The highest BCUT2D eigenvalue weighted by molar-refractivity contribution is 14.1. The van der Waals surface area contributed by atoms with Crippen LogP contribution in [0, 0.1) is 3.57 Å². The number of fused-ring (bicyclic) bond motifs is 1. The van der Waals surface area contributed by atoms with Crippen LogP contribution in [0.4, 0.5) is 0 Å². The lowest BCUT2D eigenvalue weighted by molar-refractivity contribution is -0.139. The third kappa shape index (κ3) is 6.77. The fraction of sp³-hybridized carbons (Fsp3) is 0.219. The normalized spacial score (nSPS) is 14.7. The molecule has 0 spiro atoms. The Morgan fingerprint density at radius 3 is 2.56 bits per heavy atom. The minimum absolute atomic E-state index is 0.203. The van der Waals surface area contributed by atoms with Crippen LogP contribution in [0.1, 0.15) is 43.5 Å². The van der Waals surface area contributed by atoms with Gasteiger partial charge in [-0.15, -0.1) is 0 Å². The molecule has 0 radical (unpaired) electrons. The molecule has 11 heteroatoms. The lowest BCUT2D eigenvalue weighted by Gasteiger charge is -2.24. The van der Waals surface area contributed by atoms with Crippen LogP contribution >= 0.6 is 61.5 Å². The molecule has 1 aliphatic rings. The molecule has 3 aromatic carbocycles. The summed E-state index contributed by atoms with van der Waals surface area (Å²) in [5.41, 5.74) is 2.87. The predicted molar refractivity (Wildman–Crippen MR) is 181 cm³/mol. The van der Waals surface area contributed by atoms with Crippen LogP contribution in [0.5, 0.6) is 11.5 Å². The number of aromatic nitrogens is 1. The Morgan fingerprint density at radius 2 is 1.86 bits per heavy atom. The van der Waals surface area contributed by atoms with Gasteiger partial charge in [0.25, 0.3) is 5.56 Å². The molecule has 4 aromatic rings. The van der Waals surface area contributed by atoms with E-state index in [1.165, 1.54) is 11.3 Å². The summed E-state index contributed by atoms with van der Waals surface area (Å²) in [5, 5.41) is 0.617. The molecule has 222 valence electrons. The Bertz CT molecular complexity index is 1900. The SMILES string of the molecule is CCOC(=O)C1=C(C)N=c2s/c(=C\c3cc(Br)cc(I)c3OCc3ccccc3Cl)c(=O)n2[C@@H]1c1ccc(OCC)cc1. The largest absolute Gasteiger partial charge is 0.494 e. The zero-order valence-corrected chi connectivity index (χ0v) is 28.8. The first kappa shape index (κ1) is 31.5. The minimum Gasteiger partial charge on any atom is -0.494 e. The van der Waals surface area contributed by atoms with Crippen molar-refractivity contribution in [3.8, 4) is 11.5 Å². The summed E-state index contributed by atoms with van der Waals surface area (Å²) in [6, 6.07) is 18.0. The average Bonchev–Trinajstić information content (AvgIpc) is 3.27. The van der Waals surface area contributed by atoms with Gasteiger partial charge in [0.15, 0.2) is 4.80 Å². The summed E-state index contributed by atoms with van der Waals surface area (Å²) < 4.78 is 21.0. The summed E-state index contributed by atoms with van der Waals surface area (Å²) in [7, 11) is 0. The van der Waals surface area contributed by atoms with Gasteiger partial charge in [0.2, 0.25) is 0 Å². The van der Waals surface area contributed by atoms with Crippen LogP contribution in [0.2, 0.25) is 5.02 Å². The van der Waals surface area contributed by atoms with E-state index in [2.05, 4.69) is 43.5 Å². The Balaban J connectivity index is 1.64. The van der Waals surface area contributed by atoms with Gasteiger partial charge < -0.3 is 14.2 Å². The average molecular weight is 794 g/mol. The van der Waals surface area contributed by atoms with E-state index < -0.39 is 12.0 Å². The van der Waals surface area contributed by atoms with Gasteiger partial charge in [0, 0.05) is 20.6 Å². The lowest BCUT2D eigenvalue weighted by atomic mass is 9.96. The number of benzene rings is 3. The van der Waals surface area contributed by atoms with Crippen molar-refractivity contribution >= 4 is 73.5 Å². The van der Waals surface area contributed by atoms with Crippen LogP contribution < -0.4 is 24.4 Å². The smallest absolute Gasteiger partial charge is 0.338 e. The summed E-state index contributed by atoms with van der Waals surface area (Å²) in [6.45, 7) is 6.42. The zero-order valence-electron chi connectivity index (χ0n) is 23.5. The molecule has 1 atom stereocenters. The maximum absolute atomic E-state index is 14.1. The van der Waals surface area contributed by atoms with Gasteiger partial charge in [-0.05, 0) is 85.3 Å². The molecule has 0 N–H and O–H groups in total. The third-order valence-corrected chi connectivity index (χ3v) is 9.29. The number of nitrogens with zero attached hydrogens (tertiary/aromatic N) is 2. The van der Waals surface area contributed by atoms with E-state index in [-0.39, 0.29) is 18.8 Å². The monoisotopic (exact) mass is 792 g/mol. The van der Waals surface area contributed by atoms with E-state index in [4.69, 9.17) is 25.8 Å². The highest BCUT2D eigenvalue weighted by atomic mass is 127.